The molecule has 0 aliphatic carbocycles. The largest absolute Gasteiger partial charge is 0.378 e. The summed E-state index contributed by atoms with van der Waals surface area (Å²) in [5.41, 5.74) is 4.08. The summed E-state index contributed by atoms with van der Waals surface area (Å²) in [5, 5.41) is 3.16. The van der Waals surface area contributed by atoms with Crippen molar-refractivity contribution in [1.82, 2.24) is 19.9 Å². The number of hydrogen-bond acceptors (Lipinski definition) is 8. The van der Waals surface area contributed by atoms with Gasteiger partial charge < -0.3 is 19.9 Å². The number of nitrogens with zero attached hydrogens (tertiary/aromatic N) is 6. The van der Waals surface area contributed by atoms with Crippen LogP contribution in [0.2, 0.25) is 0 Å². The second-order valence-electron chi connectivity index (χ2n) is 9.66. The molecule has 0 spiro atoms. The summed E-state index contributed by atoms with van der Waals surface area (Å²) in [6.45, 7) is 7.08. The fourth-order valence-electron chi connectivity index (χ4n) is 5.50. The van der Waals surface area contributed by atoms with Crippen LogP contribution < -0.4 is 15.1 Å². The lowest BCUT2D eigenvalue weighted by atomic mass is 10.1. The van der Waals surface area contributed by atoms with Crippen molar-refractivity contribution in [3.05, 3.63) is 54.1 Å². The van der Waals surface area contributed by atoms with E-state index in [-0.39, 0.29) is 5.82 Å². The zero-order valence-electron chi connectivity index (χ0n) is 20.1. The minimum atomic E-state index is -0.222. The van der Waals surface area contributed by atoms with E-state index in [0.717, 1.165) is 68.5 Å². The Kier molecular flexibility index (Phi) is 5.74. The van der Waals surface area contributed by atoms with Gasteiger partial charge >= 0.3 is 0 Å². The molecule has 3 aromatic rings. The molecule has 2 aromatic heterocycles. The summed E-state index contributed by atoms with van der Waals surface area (Å²) >= 11 is 0. The number of anilines is 4. The smallest absolute Gasteiger partial charge is 0.227 e. The van der Waals surface area contributed by atoms with Crippen molar-refractivity contribution in [2.24, 2.45) is 0 Å². The molecule has 8 nitrogen and oxygen atoms in total. The second kappa shape index (κ2) is 9.05. The van der Waals surface area contributed by atoms with Crippen LogP contribution in [0.3, 0.4) is 0 Å². The number of halogens is 1. The monoisotopic (exact) mass is 475 g/mol. The summed E-state index contributed by atoms with van der Waals surface area (Å²) in [6.07, 6.45) is 4.66. The number of benzene rings is 1. The Morgan fingerprint density at radius 2 is 1.91 bits per heavy atom. The molecule has 2 unspecified atom stereocenters. The lowest BCUT2D eigenvalue weighted by Gasteiger charge is -2.33. The third-order valence-electron chi connectivity index (χ3n) is 7.34. The Balaban J connectivity index is 1.18. The molecule has 3 aliphatic rings. The normalized spacial score (nSPS) is 22.1. The topological polar surface area (TPSA) is 69.7 Å². The molecule has 35 heavy (non-hydrogen) atoms. The van der Waals surface area contributed by atoms with Gasteiger partial charge in [0.1, 0.15) is 11.6 Å². The summed E-state index contributed by atoms with van der Waals surface area (Å²) < 4.78 is 20.5. The van der Waals surface area contributed by atoms with Crippen LogP contribution in [0.25, 0.3) is 11.3 Å². The number of likely N-dealkylation sites (tertiary alicyclic amines) is 1. The van der Waals surface area contributed by atoms with Crippen molar-refractivity contribution >= 4 is 23.1 Å². The average molecular weight is 476 g/mol. The van der Waals surface area contributed by atoms with Gasteiger partial charge in [0.2, 0.25) is 5.95 Å². The van der Waals surface area contributed by atoms with Crippen LogP contribution in [-0.4, -0.2) is 78.4 Å². The van der Waals surface area contributed by atoms with Crippen molar-refractivity contribution in [2.45, 2.75) is 25.4 Å². The average Bonchev–Trinajstić information content (AvgIpc) is 3.44. The molecule has 9 heteroatoms. The molecule has 0 amide bonds. The maximum atomic E-state index is 15.1. The number of ether oxygens (including phenoxy) is 1. The first-order chi connectivity index (χ1) is 17.0. The summed E-state index contributed by atoms with van der Waals surface area (Å²) in [5.74, 6) is 1.18. The van der Waals surface area contributed by atoms with E-state index in [1.807, 2.05) is 24.4 Å². The molecule has 2 atom stereocenters. The minimum Gasteiger partial charge on any atom is -0.378 e. The number of pyridine rings is 1. The zero-order chi connectivity index (χ0) is 23.9. The molecule has 5 heterocycles. The van der Waals surface area contributed by atoms with Crippen molar-refractivity contribution in [3.63, 3.8) is 0 Å². The highest BCUT2D eigenvalue weighted by atomic mass is 19.1. The quantitative estimate of drug-likeness (QED) is 0.602. The van der Waals surface area contributed by atoms with Gasteiger partial charge in [-0.15, -0.1) is 0 Å². The van der Waals surface area contributed by atoms with Crippen LogP contribution >= 0.6 is 0 Å². The molecule has 2 bridgehead atoms. The highest BCUT2D eigenvalue weighted by Crippen LogP contribution is 2.36. The standard InChI is InChI=1S/C26H30FN7O/c1-17-11-18(14-29-25(17)33-7-9-35-10-8-33)23-5-6-28-26(31-23)30-19-3-4-24(22(27)12-19)34-16-20-13-21(34)15-32(20)2/h3-6,11-12,14,20-21H,7-10,13,15-16H2,1-2H3,(H,28,30,31). The lowest BCUT2D eigenvalue weighted by Crippen LogP contribution is -2.44. The van der Waals surface area contributed by atoms with E-state index in [0.29, 0.717) is 29.4 Å². The van der Waals surface area contributed by atoms with Crippen molar-refractivity contribution in [3.8, 4) is 11.3 Å². The van der Waals surface area contributed by atoms with Gasteiger partial charge in [-0.05, 0) is 56.3 Å². The molecular weight excluding hydrogens is 445 g/mol. The Morgan fingerprint density at radius 1 is 1.06 bits per heavy atom. The lowest BCUT2D eigenvalue weighted by molar-refractivity contribution is 0.122. The molecule has 6 rings (SSSR count). The highest BCUT2D eigenvalue weighted by molar-refractivity contribution is 5.66. The van der Waals surface area contributed by atoms with Gasteiger partial charge in [0.15, 0.2) is 0 Å². The summed E-state index contributed by atoms with van der Waals surface area (Å²) in [4.78, 5) is 20.5. The predicted octanol–water partition coefficient (Wildman–Crippen LogP) is 3.46. The maximum Gasteiger partial charge on any atom is 0.227 e. The molecule has 0 radical (unpaired) electrons. The third kappa shape index (κ3) is 4.30. The molecular formula is C26H30FN7O. The van der Waals surface area contributed by atoms with Crippen molar-refractivity contribution in [1.29, 1.82) is 0 Å². The molecule has 3 saturated heterocycles. The third-order valence-corrected chi connectivity index (χ3v) is 7.34. The summed E-state index contributed by atoms with van der Waals surface area (Å²) in [6, 6.07) is 10.2. The highest BCUT2D eigenvalue weighted by Gasteiger charge is 2.42. The Hall–Kier alpha value is -3.30. The second-order valence-corrected chi connectivity index (χ2v) is 9.66. The van der Waals surface area contributed by atoms with E-state index >= 15 is 4.39 Å². The van der Waals surface area contributed by atoms with Gasteiger partial charge in [-0.1, -0.05) is 0 Å². The van der Waals surface area contributed by atoms with Gasteiger partial charge in [-0.3, -0.25) is 4.90 Å². The number of fused-ring (bicyclic) bond motifs is 2. The number of likely N-dealkylation sites (N-methyl/N-ethyl adjacent to an activating group) is 1. The van der Waals surface area contributed by atoms with Gasteiger partial charge in [0.05, 0.1) is 24.6 Å². The van der Waals surface area contributed by atoms with Crippen LogP contribution in [0.1, 0.15) is 12.0 Å². The molecule has 1 N–H and O–H groups in total. The fraction of sp³-hybridized carbons (Fsp3) is 0.423. The van der Waals surface area contributed by atoms with Gasteiger partial charge in [0.25, 0.3) is 0 Å². The summed E-state index contributed by atoms with van der Waals surface area (Å²) in [7, 11) is 2.15. The van der Waals surface area contributed by atoms with Crippen LogP contribution in [-0.2, 0) is 4.74 Å². The van der Waals surface area contributed by atoms with Gasteiger partial charge in [-0.2, -0.15) is 0 Å². The van der Waals surface area contributed by atoms with E-state index in [2.05, 4.69) is 50.0 Å². The number of aromatic nitrogens is 3. The van der Waals surface area contributed by atoms with Gasteiger partial charge in [0, 0.05) is 61.9 Å². The minimum absolute atomic E-state index is 0.222. The SMILES string of the molecule is Cc1cc(-c2ccnc(Nc3ccc(N4CC5CC4CN5C)c(F)c3)n2)cnc1N1CCOCC1. The van der Waals surface area contributed by atoms with Gasteiger partial charge in [-0.25, -0.2) is 19.3 Å². The van der Waals surface area contributed by atoms with E-state index in [4.69, 9.17) is 9.72 Å². The Morgan fingerprint density at radius 3 is 2.63 bits per heavy atom. The van der Waals surface area contributed by atoms with Crippen molar-refractivity contribution in [2.75, 3.05) is 61.6 Å². The van der Waals surface area contributed by atoms with Crippen molar-refractivity contribution < 1.29 is 9.13 Å². The van der Waals surface area contributed by atoms with E-state index < -0.39 is 0 Å². The number of rotatable bonds is 5. The van der Waals surface area contributed by atoms with Crippen LogP contribution in [0, 0.1) is 12.7 Å². The van der Waals surface area contributed by atoms with Crippen LogP contribution in [0.5, 0.6) is 0 Å². The number of piperazine rings is 1. The maximum absolute atomic E-state index is 15.1. The zero-order valence-corrected chi connectivity index (χ0v) is 20.1. The van der Waals surface area contributed by atoms with Crippen LogP contribution in [0.15, 0.2) is 42.7 Å². The Labute approximate surface area is 204 Å². The molecule has 3 fully saturated rings. The molecule has 0 saturated carbocycles. The molecule has 182 valence electrons. The number of aryl methyl sites for hydroxylation is 1. The Bertz CT molecular complexity index is 1230. The first-order valence-electron chi connectivity index (χ1n) is 12.2. The van der Waals surface area contributed by atoms with E-state index in [1.165, 1.54) is 6.07 Å². The fourth-order valence-corrected chi connectivity index (χ4v) is 5.50. The number of morpholine rings is 1. The van der Waals surface area contributed by atoms with E-state index in [9.17, 15) is 0 Å². The predicted molar refractivity (Wildman–Crippen MR) is 135 cm³/mol. The van der Waals surface area contributed by atoms with E-state index in [1.54, 1.807) is 6.20 Å². The first kappa shape index (κ1) is 22.2. The number of hydrogen-bond donors (Lipinski definition) is 1. The first-order valence-corrected chi connectivity index (χ1v) is 12.2. The van der Waals surface area contributed by atoms with Crippen LogP contribution in [0.4, 0.5) is 27.5 Å². The number of nitrogens with one attached hydrogen (secondary N) is 1. The molecule has 1 aromatic carbocycles. The molecule has 3 aliphatic heterocycles.